The third-order valence-corrected chi connectivity index (χ3v) is 4.30. The summed E-state index contributed by atoms with van der Waals surface area (Å²) in [6.45, 7) is 2.14. The summed E-state index contributed by atoms with van der Waals surface area (Å²) in [6, 6.07) is 1.36. The molecule has 0 N–H and O–H groups in total. The van der Waals surface area contributed by atoms with Crippen molar-refractivity contribution in [3.05, 3.63) is 47.1 Å². The van der Waals surface area contributed by atoms with Crippen molar-refractivity contribution in [1.29, 1.82) is 0 Å². The van der Waals surface area contributed by atoms with Crippen molar-refractivity contribution in [2.24, 2.45) is 0 Å². The lowest BCUT2D eigenvalue weighted by atomic mass is 9.98. The van der Waals surface area contributed by atoms with E-state index in [-0.39, 0.29) is 21.9 Å². The molecule has 0 unspecified atom stereocenters. The number of hydrogen-bond acceptors (Lipinski definition) is 4. The minimum Gasteiger partial charge on any atom is -0.497 e. The highest BCUT2D eigenvalue weighted by Gasteiger charge is 2.25. The highest BCUT2D eigenvalue weighted by Crippen LogP contribution is 2.39. The van der Waals surface area contributed by atoms with Crippen molar-refractivity contribution in [2.45, 2.75) is 18.2 Å². The van der Waals surface area contributed by atoms with Gasteiger partial charge in [-0.25, -0.2) is 12.8 Å². The predicted octanol–water partition coefficient (Wildman–Crippen LogP) is 3.26. The Hall–Kier alpha value is -1.40. The Bertz CT molecular complexity index is 721. The van der Waals surface area contributed by atoms with Gasteiger partial charge < -0.3 is 4.74 Å². The maximum atomic E-state index is 14.3. The average molecular weight is 331 g/mol. The third kappa shape index (κ3) is 3.44. The second-order valence-electron chi connectivity index (χ2n) is 4.48. The Morgan fingerprint density at radius 1 is 1.43 bits per heavy atom. The highest BCUT2D eigenvalue weighted by atomic mass is 35.5. The zero-order chi connectivity index (χ0) is 15.6. The number of aromatic nitrogens is 1. The number of rotatable bonds is 4. The average Bonchev–Trinajstić information content (AvgIpc) is 2.43. The van der Waals surface area contributed by atoms with Gasteiger partial charge in [0, 0.05) is 30.6 Å². The lowest BCUT2D eigenvalue weighted by Gasteiger charge is -2.19. The van der Waals surface area contributed by atoms with Gasteiger partial charge in [0.15, 0.2) is 9.84 Å². The normalized spacial score (nSPS) is 16.4. The molecular formula is C14H14ClFNO3S. The summed E-state index contributed by atoms with van der Waals surface area (Å²) >= 11 is 5.85. The van der Waals surface area contributed by atoms with Gasteiger partial charge in [-0.1, -0.05) is 11.6 Å². The van der Waals surface area contributed by atoms with E-state index >= 15 is 0 Å². The first-order valence-electron chi connectivity index (χ1n) is 6.25. The van der Waals surface area contributed by atoms with Crippen LogP contribution in [0.15, 0.2) is 40.0 Å². The molecule has 2 rings (SSSR count). The van der Waals surface area contributed by atoms with Gasteiger partial charge >= 0.3 is 0 Å². The number of halogens is 2. The monoisotopic (exact) mass is 330 g/mol. The summed E-state index contributed by atoms with van der Waals surface area (Å²) in [7, 11) is -3.43. The van der Waals surface area contributed by atoms with Crippen LogP contribution in [0.4, 0.5) is 4.39 Å². The van der Waals surface area contributed by atoms with Gasteiger partial charge in [-0.15, -0.1) is 0 Å². The molecule has 1 aromatic rings. The lowest BCUT2D eigenvalue weighted by Crippen LogP contribution is -2.07. The number of allylic oxidation sites excluding steroid dienone is 4. The van der Waals surface area contributed by atoms with Crippen LogP contribution >= 0.6 is 11.6 Å². The SMILES string of the molecule is CCOC1=C(c2cncc(S(C)(=O)=O)c2)C(F)=C(Cl)C[CH]1. The van der Waals surface area contributed by atoms with E-state index in [1.807, 2.05) is 0 Å². The van der Waals surface area contributed by atoms with Crippen LogP contribution in [0.25, 0.3) is 5.57 Å². The Labute approximate surface area is 128 Å². The van der Waals surface area contributed by atoms with Crippen molar-refractivity contribution in [3.63, 3.8) is 0 Å². The van der Waals surface area contributed by atoms with Gasteiger partial charge in [0.2, 0.25) is 0 Å². The van der Waals surface area contributed by atoms with E-state index in [0.717, 1.165) is 6.26 Å². The zero-order valence-corrected chi connectivity index (χ0v) is 13.1. The minimum absolute atomic E-state index is 0.0119. The van der Waals surface area contributed by atoms with Gasteiger partial charge in [0.25, 0.3) is 0 Å². The molecule has 0 fully saturated rings. The lowest BCUT2D eigenvalue weighted by molar-refractivity contribution is 0.235. The largest absolute Gasteiger partial charge is 0.497 e. The molecule has 4 nitrogen and oxygen atoms in total. The van der Waals surface area contributed by atoms with E-state index in [9.17, 15) is 12.8 Å². The number of pyridine rings is 1. The fourth-order valence-corrected chi connectivity index (χ4v) is 2.70. The van der Waals surface area contributed by atoms with E-state index in [1.165, 1.54) is 18.5 Å². The molecule has 0 spiro atoms. The first kappa shape index (κ1) is 16.0. The fourth-order valence-electron chi connectivity index (χ4n) is 1.93. The molecule has 1 aliphatic carbocycles. The Kier molecular flexibility index (Phi) is 4.68. The summed E-state index contributed by atoms with van der Waals surface area (Å²) in [6.07, 6.45) is 5.57. The molecule has 1 radical (unpaired) electrons. The molecule has 1 heterocycles. The Morgan fingerprint density at radius 3 is 2.76 bits per heavy atom. The quantitative estimate of drug-likeness (QED) is 0.850. The molecule has 21 heavy (non-hydrogen) atoms. The zero-order valence-electron chi connectivity index (χ0n) is 11.6. The maximum Gasteiger partial charge on any atom is 0.177 e. The smallest absolute Gasteiger partial charge is 0.177 e. The third-order valence-electron chi connectivity index (χ3n) is 2.90. The van der Waals surface area contributed by atoms with Gasteiger partial charge in [-0.05, 0) is 19.4 Å². The first-order chi connectivity index (χ1) is 9.84. The molecular weight excluding hydrogens is 317 g/mol. The standard InChI is InChI=1S/C14H14ClFNO3S/c1-3-20-12-5-4-11(15)14(16)13(12)9-6-10(8-17-7-9)21(2,18)19/h5-8H,3-4H2,1-2H3. The molecule has 0 saturated carbocycles. The van der Waals surface area contributed by atoms with Crippen LogP contribution in [0.1, 0.15) is 18.9 Å². The Balaban J connectivity index is 2.61. The first-order valence-corrected chi connectivity index (χ1v) is 8.51. The number of hydrogen-bond donors (Lipinski definition) is 0. The number of nitrogens with zero attached hydrogens (tertiary/aromatic N) is 1. The van der Waals surface area contributed by atoms with E-state index in [2.05, 4.69) is 4.98 Å². The van der Waals surface area contributed by atoms with Gasteiger partial charge in [0.05, 0.1) is 22.1 Å². The van der Waals surface area contributed by atoms with Gasteiger partial charge in [-0.2, -0.15) is 0 Å². The molecule has 0 amide bonds. The summed E-state index contributed by atoms with van der Waals surface area (Å²) in [4.78, 5) is 3.88. The summed E-state index contributed by atoms with van der Waals surface area (Å²) in [5.74, 6) is -0.276. The fraction of sp³-hybridized carbons (Fsp3) is 0.286. The molecule has 0 bridgehead atoms. The van der Waals surface area contributed by atoms with Crippen LogP contribution in [-0.2, 0) is 14.6 Å². The summed E-state index contributed by atoms with van der Waals surface area (Å²) < 4.78 is 42.9. The van der Waals surface area contributed by atoms with E-state index < -0.39 is 15.7 Å². The van der Waals surface area contributed by atoms with Crippen molar-refractivity contribution >= 4 is 27.0 Å². The van der Waals surface area contributed by atoms with Gasteiger partial charge in [-0.3, -0.25) is 4.98 Å². The van der Waals surface area contributed by atoms with Crippen molar-refractivity contribution in [3.8, 4) is 0 Å². The molecule has 0 saturated heterocycles. The summed E-state index contributed by atoms with van der Waals surface area (Å²) in [5, 5.41) is 0.0539. The highest BCUT2D eigenvalue weighted by molar-refractivity contribution is 7.90. The van der Waals surface area contributed by atoms with Crippen molar-refractivity contribution in [2.75, 3.05) is 12.9 Å². The van der Waals surface area contributed by atoms with Crippen molar-refractivity contribution in [1.82, 2.24) is 4.98 Å². The molecule has 0 aromatic carbocycles. The Morgan fingerprint density at radius 2 is 2.14 bits per heavy atom. The number of ether oxygens (including phenoxy) is 1. The topological polar surface area (TPSA) is 56.3 Å². The molecule has 113 valence electrons. The minimum atomic E-state index is -3.43. The number of sulfone groups is 1. The van der Waals surface area contributed by atoms with Crippen LogP contribution in [0, 0.1) is 6.42 Å². The van der Waals surface area contributed by atoms with Crippen LogP contribution < -0.4 is 0 Å². The van der Waals surface area contributed by atoms with Gasteiger partial charge in [0.1, 0.15) is 11.6 Å². The predicted molar refractivity (Wildman–Crippen MR) is 78.8 cm³/mol. The van der Waals surface area contributed by atoms with Crippen LogP contribution in [0.5, 0.6) is 0 Å². The van der Waals surface area contributed by atoms with Crippen LogP contribution in [0.2, 0.25) is 0 Å². The molecule has 7 heteroatoms. The van der Waals surface area contributed by atoms with E-state index in [1.54, 1.807) is 13.3 Å². The van der Waals surface area contributed by atoms with Crippen LogP contribution in [0.3, 0.4) is 0 Å². The molecule has 0 aliphatic heterocycles. The molecule has 1 aromatic heterocycles. The van der Waals surface area contributed by atoms with Crippen LogP contribution in [-0.4, -0.2) is 26.3 Å². The summed E-state index contributed by atoms with van der Waals surface area (Å²) in [5.41, 5.74) is 0.444. The second-order valence-corrected chi connectivity index (χ2v) is 6.95. The maximum absolute atomic E-state index is 14.3. The second kappa shape index (κ2) is 6.15. The molecule has 0 atom stereocenters. The van der Waals surface area contributed by atoms with E-state index in [0.29, 0.717) is 17.9 Å². The van der Waals surface area contributed by atoms with E-state index in [4.69, 9.17) is 16.3 Å². The molecule has 1 aliphatic rings. The van der Waals surface area contributed by atoms with Crippen molar-refractivity contribution < 1.29 is 17.5 Å².